The summed E-state index contributed by atoms with van der Waals surface area (Å²) >= 11 is 0. The molecule has 0 fully saturated rings. The molecule has 0 amide bonds. The molecular formula is C10H12OSi. The van der Waals surface area contributed by atoms with E-state index in [0.29, 0.717) is 0 Å². The summed E-state index contributed by atoms with van der Waals surface area (Å²) in [7, 11) is -0.254. The van der Waals surface area contributed by atoms with Gasteiger partial charge in [0.25, 0.3) is 0 Å². The van der Waals surface area contributed by atoms with E-state index >= 15 is 0 Å². The SMILES string of the molecule is C[Si](C)=CC1=CC2=COCC2=C1. The molecule has 1 heterocycles. The van der Waals surface area contributed by atoms with Crippen molar-refractivity contribution in [3.05, 3.63) is 35.1 Å². The lowest BCUT2D eigenvalue weighted by Crippen LogP contribution is -1.92. The van der Waals surface area contributed by atoms with Gasteiger partial charge in [-0.05, 0) is 17.7 Å². The first kappa shape index (κ1) is 7.74. The van der Waals surface area contributed by atoms with E-state index < -0.39 is 0 Å². The highest BCUT2D eigenvalue weighted by atomic mass is 28.2. The molecule has 1 nitrogen and oxygen atoms in total. The van der Waals surface area contributed by atoms with Crippen LogP contribution in [0.4, 0.5) is 0 Å². The molecule has 0 spiro atoms. The van der Waals surface area contributed by atoms with Crippen molar-refractivity contribution >= 4 is 14.1 Å². The molecule has 0 N–H and O–H groups in total. The molecular weight excluding hydrogens is 164 g/mol. The van der Waals surface area contributed by atoms with Crippen LogP contribution in [0.2, 0.25) is 13.1 Å². The fraction of sp³-hybridized carbons (Fsp3) is 0.300. The summed E-state index contributed by atoms with van der Waals surface area (Å²) in [5.41, 5.74) is 6.35. The van der Waals surface area contributed by atoms with Gasteiger partial charge in [-0.1, -0.05) is 18.8 Å². The fourth-order valence-corrected chi connectivity index (χ4v) is 2.30. The lowest BCUT2D eigenvalue weighted by molar-refractivity contribution is 0.301. The van der Waals surface area contributed by atoms with Gasteiger partial charge in [-0.3, -0.25) is 0 Å². The molecule has 1 aliphatic heterocycles. The molecule has 62 valence electrons. The predicted molar refractivity (Wildman–Crippen MR) is 53.7 cm³/mol. The molecule has 0 aromatic carbocycles. The standard InChI is InChI=1S/C10H12OSi/c1-12(2)7-8-3-9-5-11-6-10(9)4-8/h3-5,7H,6H2,1-2H3. The lowest BCUT2D eigenvalue weighted by Gasteiger charge is -1.91. The van der Waals surface area contributed by atoms with E-state index in [2.05, 4.69) is 30.9 Å². The van der Waals surface area contributed by atoms with E-state index in [-0.39, 0.29) is 8.41 Å². The van der Waals surface area contributed by atoms with Gasteiger partial charge in [0.2, 0.25) is 0 Å². The van der Waals surface area contributed by atoms with Crippen molar-refractivity contribution in [2.24, 2.45) is 0 Å². The van der Waals surface area contributed by atoms with Crippen LogP contribution in [0.15, 0.2) is 35.1 Å². The number of ether oxygens (including phenoxy) is 1. The molecule has 0 unspecified atom stereocenters. The average Bonchev–Trinajstić information content (AvgIpc) is 2.43. The summed E-state index contributed by atoms with van der Waals surface area (Å²) in [5, 5.41) is 0. The zero-order valence-corrected chi connectivity index (χ0v) is 8.42. The van der Waals surface area contributed by atoms with Crippen molar-refractivity contribution in [2.75, 3.05) is 6.61 Å². The molecule has 2 aliphatic rings. The Bertz CT molecular complexity index is 328. The molecule has 0 atom stereocenters. The molecule has 2 rings (SSSR count). The molecule has 0 aromatic heterocycles. The molecule has 2 heteroatoms. The number of hydrogen-bond donors (Lipinski definition) is 0. The van der Waals surface area contributed by atoms with Crippen LogP contribution in [0.3, 0.4) is 0 Å². The summed E-state index contributed by atoms with van der Waals surface area (Å²) < 4.78 is 5.18. The number of rotatable bonds is 1. The van der Waals surface area contributed by atoms with E-state index in [4.69, 9.17) is 4.74 Å². The van der Waals surface area contributed by atoms with Crippen LogP contribution < -0.4 is 0 Å². The molecule has 0 bridgehead atoms. The van der Waals surface area contributed by atoms with Crippen LogP contribution in [0.1, 0.15) is 0 Å². The van der Waals surface area contributed by atoms with Gasteiger partial charge in [0.15, 0.2) is 0 Å². The summed E-state index contributed by atoms with van der Waals surface area (Å²) in [5.74, 6) is 0. The Kier molecular flexibility index (Phi) is 1.85. The van der Waals surface area contributed by atoms with Crippen LogP contribution in [0.5, 0.6) is 0 Å². The second-order valence-electron chi connectivity index (χ2n) is 3.42. The van der Waals surface area contributed by atoms with Gasteiger partial charge in [0.1, 0.15) is 6.61 Å². The van der Waals surface area contributed by atoms with Crippen LogP contribution in [0, 0.1) is 0 Å². The molecule has 12 heavy (non-hydrogen) atoms. The van der Waals surface area contributed by atoms with E-state index in [9.17, 15) is 0 Å². The molecule has 0 saturated carbocycles. The maximum atomic E-state index is 5.18. The number of fused-ring (bicyclic) bond motifs is 1. The minimum absolute atomic E-state index is 0.254. The summed E-state index contributed by atoms with van der Waals surface area (Å²) in [6.45, 7) is 5.35. The molecule has 0 aromatic rings. The number of hydrogen-bond acceptors (Lipinski definition) is 1. The largest absolute Gasteiger partial charge is 0.496 e. The third kappa shape index (κ3) is 1.34. The second kappa shape index (κ2) is 2.86. The van der Waals surface area contributed by atoms with Crippen molar-refractivity contribution in [3.63, 3.8) is 0 Å². The van der Waals surface area contributed by atoms with Crippen LogP contribution in [-0.2, 0) is 4.74 Å². The van der Waals surface area contributed by atoms with Gasteiger partial charge in [0, 0.05) is 19.6 Å². The van der Waals surface area contributed by atoms with Gasteiger partial charge in [-0.25, -0.2) is 0 Å². The second-order valence-corrected chi connectivity index (χ2v) is 5.86. The Balaban J connectivity index is 2.28. The van der Waals surface area contributed by atoms with Crippen molar-refractivity contribution in [3.8, 4) is 0 Å². The van der Waals surface area contributed by atoms with E-state index in [1.807, 2.05) is 6.26 Å². The Morgan fingerprint density at radius 3 is 2.92 bits per heavy atom. The Hall–Kier alpha value is -0.893. The van der Waals surface area contributed by atoms with Crippen LogP contribution >= 0.6 is 0 Å². The topological polar surface area (TPSA) is 9.23 Å². The van der Waals surface area contributed by atoms with Gasteiger partial charge in [-0.15, -0.1) is 0 Å². The first-order chi connectivity index (χ1) is 5.75. The fourth-order valence-electron chi connectivity index (χ4n) is 1.47. The molecule has 1 aliphatic carbocycles. The van der Waals surface area contributed by atoms with Crippen molar-refractivity contribution in [1.29, 1.82) is 0 Å². The van der Waals surface area contributed by atoms with Crippen molar-refractivity contribution in [2.45, 2.75) is 13.1 Å². The minimum atomic E-state index is -0.254. The van der Waals surface area contributed by atoms with Crippen molar-refractivity contribution < 1.29 is 4.74 Å². The zero-order valence-electron chi connectivity index (χ0n) is 7.42. The van der Waals surface area contributed by atoms with Gasteiger partial charge in [0.05, 0.1) is 6.26 Å². The van der Waals surface area contributed by atoms with E-state index in [1.54, 1.807) is 0 Å². The van der Waals surface area contributed by atoms with E-state index in [0.717, 1.165) is 6.61 Å². The van der Waals surface area contributed by atoms with Gasteiger partial charge < -0.3 is 4.74 Å². The summed E-state index contributed by atoms with van der Waals surface area (Å²) in [6.07, 6.45) is 6.29. The Morgan fingerprint density at radius 1 is 1.42 bits per heavy atom. The Labute approximate surface area is 74.3 Å². The van der Waals surface area contributed by atoms with Crippen LogP contribution in [0.25, 0.3) is 0 Å². The highest BCUT2D eigenvalue weighted by Crippen LogP contribution is 2.27. The zero-order chi connectivity index (χ0) is 8.55. The van der Waals surface area contributed by atoms with Crippen LogP contribution in [-0.4, -0.2) is 20.7 Å². The lowest BCUT2D eigenvalue weighted by atomic mass is 10.2. The summed E-state index contributed by atoms with van der Waals surface area (Å²) in [4.78, 5) is 0. The normalized spacial score (nSPS) is 19.0. The number of allylic oxidation sites excluding steroid dienone is 3. The quantitative estimate of drug-likeness (QED) is 0.554. The maximum absolute atomic E-state index is 5.18. The van der Waals surface area contributed by atoms with E-state index in [1.165, 1.54) is 16.7 Å². The monoisotopic (exact) mass is 176 g/mol. The third-order valence-electron chi connectivity index (χ3n) is 1.94. The first-order valence-electron chi connectivity index (χ1n) is 4.15. The van der Waals surface area contributed by atoms with Gasteiger partial charge >= 0.3 is 0 Å². The minimum Gasteiger partial charge on any atom is -0.496 e. The smallest absolute Gasteiger partial charge is 0.113 e. The van der Waals surface area contributed by atoms with Gasteiger partial charge in [-0.2, -0.15) is 0 Å². The highest BCUT2D eigenvalue weighted by molar-refractivity contribution is 6.66. The maximum Gasteiger partial charge on any atom is 0.113 e. The Morgan fingerprint density at radius 2 is 2.25 bits per heavy atom. The molecule has 0 saturated heterocycles. The first-order valence-corrected chi connectivity index (χ1v) is 6.73. The van der Waals surface area contributed by atoms with Crippen molar-refractivity contribution in [1.82, 2.24) is 0 Å². The molecule has 0 radical (unpaired) electrons. The highest BCUT2D eigenvalue weighted by Gasteiger charge is 2.15. The average molecular weight is 176 g/mol. The third-order valence-corrected chi connectivity index (χ3v) is 2.85. The predicted octanol–water partition coefficient (Wildman–Crippen LogP) is 1.91. The summed E-state index contributed by atoms with van der Waals surface area (Å²) in [6, 6.07) is 0.